The van der Waals surface area contributed by atoms with E-state index in [1.165, 1.54) is 10.9 Å². The third-order valence-electron chi connectivity index (χ3n) is 2.52. The lowest BCUT2D eigenvalue weighted by Crippen LogP contribution is -2.34. The summed E-state index contributed by atoms with van der Waals surface area (Å²) in [5.74, 6) is 0.996. The molecule has 2 aromatic rings. The van der Waals surface area contributed by atoms with E-state index in [0.717, 1.165) is 17.9 Å². The summed E-state index contributed by atoms with van der Waals surface area (Å²) in [5.41, 5.74) is 2.36. The van der Waals surface area contributed by atoms with E-state index in [1.807, 2.05) is 6.07 Å². The third-order valence-corrected chi connectivity index (χ3v) is 2.52. The summed E-state index contributed by atoms with van der Waals surface area (Å²) in [4.78, 5) is 0. The molecule has 0 atom stereocenters. The summed E-state index contributed by atoms with van der Waals surface area (Å²) >= 11 is 0. The molecule has 2 heteroatoms. The summed E-state index contributed by atoms with van der Waals surface area (Å²) in [6, 6.07) is 8.37. The van der Waals surface area contributed by atoms with Crippen LogP contribution in [0.5, 0.6) is 0 Å². The molecule has 2 nitrogen and oxygen atoms in total. The zero-order valence-electron chi connectivity index (χ0n) is 10.4. The van der Waals surface area contributed by atoms with Crippen molar-refractivity contribution in [3.63, 3.8) is 0 Å². The van der Waals surface area contributed by atoms with Crippen LogP contribution in [0, 0.1) is 6.92 Å². The van der Waals surface area contributed by atoms with Crippen LogP contribution < -0.4 is 5.32 Å². The van der Waals surface area contributed by atoms with Crippen molar-refractivity contribution in [2.45, 2.75) is 39.8 Å². The predicted octanol–water partition coefficient (Wildman–Crippen LogP) is 3.63. The second-order valence-electron chi connectivity index (χ2n) is 5.36. The Kier molecular flexibility index (Phi) is 2.76. The molecule has 0 amide bonds. The van der Waals surface area contributed by atoms with Gasteiger partial charge in [0.25, 0.3) is 0 Å². The summed E-state index contributed by atoms with van der Waals surface area (Å²) < 4.78 is 5.76. The molecule has 0 saturated heterocycles. The van der Waals surface area contributed by atoms with E-state index in [2.05, 4.69) is 51.2 Å². The highest BCUT2D eigenvalue weighted by atomic mass is 16.3. The molecular formula is C14H19NO. The Morgan fingerprint density at radius 2 is 1.94 bits per heavy atom. The van der Waals surface area contributed by atoms with Gasteiger partial charge in [-0.2, -0.15) is 0 Å². The number of furan rings is 1. The van der Waals surface area contributed by atoms with Crippen molar-refractivity contribution in [3.8, 4) is 0 Å². The standard InChI is InChI=1S/C14H19NO/c1-10-5-6-13-11(7-10)8-12(16-13)9-15-14(2,3)4/h5-8,15H,9H2,1-4H3. The normalized spacial score (nSPS) is 12.2. The van der Waals surface area contributed by atoms with E-state index in [9.17, 15) is 0 Å². The topological polar surface area (TPSA) is 25.2 Å². The maximum absolute atomic E-state index is 5.76. The van der Waals surface area contributed by atoms with Crippen LogP contribution >= 0.6 is 0 Å². The van der Waals surface area contributed by atoms with Gasteiger partial charge in [-0.3, -0.25) is 0 Å². The van der Waals surface area contributed by atoms with E-state index in [0.29, 0.717) is 0 Å². The lowest BCUT2D eigenvalue weighted by atomic mass is 10.1. The van der Waals surface area contributed by atoms with Crippen molar-refractivity contribution in [1.82, 2.24) is 5.32 Å². The van der Waals surface area contributed by atoms with Gasteiger partial charge in [0.2, 0.25) is 0 Å². The smallest absolute Gasteiger partial charge is 0.134 e. The number of rotatable bonds is 2. The van der Waals surface area contributed by atoms with E-state index in [-0.39, 0.29) is 5.54 Å². The van der Waals surface area contributed by atoms with E-state index in [4.69, 9.17) is 4.42 Å². The molecule has 0 aliphatic heterocycles. The Labute approximate surface area is 96.6 Å². The first-order valence-corrected chi connectivity index (χ1v) is 5.68. The van der Waals surface area contributed by atoms with E-state index in [1.54, 1.807) is 0 Å². The van der Waals surface area contributed by atoms with Gasteiger partial charge in [0.15, 0.2) is 0 Å². The van der Waals surface area contributed by atoms with Crippen LogP contribution in [0.4, 0.5) is 0 Å². The van der Waals surface area contributed by atoms with Crippen LogP contribution in [0.3, 0.4) is 0 Å². The van der Waals surface area contributed by atoms with Gasteiger partial charge in [-0.15, -0.1) is 0 Å². The minimum atomic E-state index is 0.120. The average Bonchev–Trinajstić information content (AvgIpc) is 2.55. The van der Waals surface area contributed by atoms with Gasteiger partial charge < -0.3 is 9.73 Å². The Bertz CT molecular complexity index is 491. The van der Waals surface area contributed by atoms with Gasteiger partial charge in [0, 0.05) is 10.9 Å². The zero-order valence-corrected chi connectivity index (χ0v) is 10.4. The summed E-state index contributed by atoms with van der Waals surface area (Å²) in [6.45, 7) is 9.33. The van der Waals surface area contributed by atoms with Gasteiger partial charge in [-0.25, -0.2) is 0 Å². The Hall–Kier alpha value is -1.28. The molecule has 0 radical (unpaired) electrons. The van der Waals surface area contributed by atoms with Gasteiger partial charge in [0.1, 0.15) is 11.3 Å². The highest BCUT2D eigenvalue weighted by molar-refractivity contribution is 5.78. The quantitative estimate of drug-likeness (QED) is 0.831. The van der Waals surface area contributed by atoms with Gasteiger partial charge in [-0.1, -0.05) is 11.6 Å². The Balaban J connectivity index is 2.20. The summed E-state index contributed by atoms with van der Waals surface area (Å²) in [6.07, 6.45) is 0. The molecule has 1 N–H and O–H groups in total. The number of benzene rings is 1. The predicted molar refractivity (Wildman–Crippen MR) is 67.5 cm³/mol. The Morgan fingerprint density at radius 1 is 1.19 bits per heavy atom. The molecule has 0 aliphatic carbocycles. The van der Waals surface area contributed by atoms with Crippen molar-refractivity contribution in [2.24, 2.45) is 0 Å². The SMILES string of the molecule is Cc1ccc2oc(CNC(C)(C)C)cc2c1. The number of hydrogen-bond donors (Lipinski definition) is 1. The third kappa shape index (κ3) is 2.64. The Morgan fingerprint density at radius 3 is 2.62 bits per heavy atom. The van der Waals surface area contributed by atoms with Crippen molar-refractivity contribution < 1.29 is 4.42 Å². The molecule has 0 fully saturated rings. The fraction of sp³-hybridized carbons (Fsp3) is 0.429. The molecule has 0 aliphatic rings. The van der Waals surface area contributed by atoms with Crippen LogP contribution in [0.15, 0.2) is 28.7 Å². The maximum atomic E-state index is 5.76. The second-order valence-corrected chi connectivity index (χ2v) is 5.36. The van der Waals surface area contributed by atoms with Crippen molar-refractivity contribution in [1.29, 1.82) is 0 Å². The van der Waals surface area contributed by atoms with Crippen LogP contribution in [0.25, 0.3) is 11.0 Å². The summed E-state index contributed by atoms with van der Waals surface area (Å²) in [7, 11) is 0. The van der Waals surface area contributed by atoms with Crippen LogP contribution in [0.2, 0.25) is 0 Å². The van der Waals surface area contributed by atoms with E-state index < -0.39 is 0 Å². The molecule has 1 aromatic heterocycles. The maximum Gasteiger partial charge on any atom is 0.134 e. The lowest BCUT2D eigenvalue weighted by molar-refractivity contribution is 0.395. The molecule has 0 spiro atoms. The molecule has 1 heterocycles. The minimum absolute atomic E-state index is 0.120. The lowest BCUT2D eigenvalue weighted by Gasteiger charge is -2.19. The minimum Gasteiger partial charge on any atom is -0.460 e. The molecule has 2 rings (SSSR count). The molecule has 86 valence electrons. The number of hydrogen-bond acceptors (Lipinski definition) is 2. The van der Waals surface area contributed by atoms with E-state index >= 15 is 0 Å². The first kappa shape index (κ1) is 11.2. The van der Waals surface area contributed by atoms with Crippen LogP contribution in [-0.2, 0) is 6.54 Å². The average molecular weight is 217 g/mol. The molecular weight excluding hydrogens is 198 g/mol. The van der Waals surface area contributed by atoms with Gasteiger partial charge in [-0.05, 0) is 45.9 Å². The van der Waals surface area contributed by atoms with Crippen LogP contribution in [0.1, 0.15) is 32.1 Å². The molecule has 0 saturated carbocycles. The number of aryl methyl sites for hydroxylation is 1. The number of nitrogens with one attached hydrogen (secondary N) is 1. The van der Waals surface area contributed by atoms with Gasteiger partial charge >= 0.3 is 0 Å². The highest BCUT2D eigenvalue weighted by Gasteiger charge is 2.10. The first-order chi connectivity index (χ1) is 7.44. The van der Waals surface area contributed by atoms with Crippen molar-refractivity contribution in [2.75, 3.05) is 0 Å². The fourth-order valence-corrected chi connectivity index (χ4v) is 1.66. The highest BCUT2D eigenvalue weighted by Crippen LogP contribution is 2.20. The largest absolute Gasteiger partial charge is 0.460 e. The first-order valence-electron chi connectivity index (χ1n) is 5.68. The number of fused-ring (bicyclic) bond motifs is 1. The van der Waals surface area contributed by atoms with Gasteiger partial charge in [0.05, 0.1) is 6.54 Å². The molecule has 0 bridgehead atoms. The second kappa shape index (κ2) is 3.95. The molecule has 16 heavy (non-hydrogen) atoms. The molecule has 0 unspecified atom stereocenters. The molecule has 1 aromatic carbocycles. The fourth-order valence-electron chi connectivity index (χ4n) is 1.66. The van der Waals surface area contributed by atoms with Crippen molar-refractivity contribution in [3.05, 3.63) is 35.6 Å². The van der Waals surface area contributed by atoms with Crippen molar-refractivity contribution >= 4 is 11.0 Å². The monoisotopic (exact) mass is 217 g/mol. The van der Waals surface area contributed by atoms with Crippen LogP contribution in [-0.4, -0.2) is 5.54 Å². The summed E-state index contributed by atoms with van der Waals surface area (Å²) in [5, 5.41) is 4.61. The zero-order chi connectivity index (χ0) is 11.8.